The van der Waals surface area contributed by atoms with Gasteiger partial charge in [-0.3, -0.25) is 4.68 Å². The SMILES string of the molecule is CN(C)Cc1cc(C2CCCN2S(=O)(=O)N(C)C)nn1C. The van der Waals surface area contributed by atoms with Gasteiger partial charge in [-0.2, -0.15) is 22.1 Å². The summed E-state index contributed by atoms with van der Waals surface area (Å²) >= 11 is 0. The van der Waals surface area contributed by atoms with Crippen molar-refractivity contribution in [3.63, 3.8) is 0 Å². The van der Waals surface area contributed by atoms with E-state index in [2.05, 4.69) is 10.00 Å². The van der Waals surface area contributed by atoms with Gasteiger partial charge in [0, 0.05) is 34.2 Å². The molecule has 120 valence electrons. The third-order valence-corrected chi connectivity index (χ3v) is 5.73. The van der Waals surface area contributed by atoms with Crippen LogP contribution < -0.4 is 0 Å². The van der Waals surface area contributed by atoms with E-state index in [0.29, 0.717) is 6.54 Å². The van der Waals surface area contributed by atoms with Crippen molar-refractivity contribution >= 4 is 10.2 Å². The molecule has 0 saturated carbocycles. The lowest BCUT2D eigenvalue weighted by Gasteiger charge is -2.25. The van der Waals surface area contributed by atoms with Crippen LogP contribution in [0.4, 0.5) is 0 Å². The van der Waals surface area contributed by atoms with E-state index >= 15 is 0 Å². The quantitative estimate of drug-likeness (QED) is 0.790. The van der Waals surface area contributed by atoms with Gasteiger partial charge >= 0.3 is 0 Å². The molecule has 1 saturated heterocycles. The minimum Gasteiger partial charge on any atom is -0.304 e. The summed E-state index contributed by atoms with van der Waals surface area (Å²) in [6.45, 7) is 1.35. The Balaban J connectivity index is 2.29. The van der Waals surface area contributed by atoms with Crippen LogP contribution in [0.3, 0.4) is 0 Å². The van der Waals surface area contributed by atoms with Gasteiger partial charge in [-0.05, 0) is 33.0 Å². The standard InChI is InChI=1S/C13H25N5O2S/c1-15(2)10-11-9-12(14-17(11)5)13-7-6-8-18(13)21(19,20)16(3)4/h9,13H,6-8,10H2,1-5H3. The van der Waals surface area contributed by atoms with Crippen LogP contribution in [0.25, 0.3) is 0 Å². The van der Waals surface area contributed by atoms with Gasteiger partial charge < -0.3 is 4.90 Å². The van der Waals surface area contributed by atoms with Gasteiger partial charge in [-0.25, -0.2) is 0 Å². The van der Waals surface area contributed by atoms with Crippen molar-refractivity contribution in [2.75, 3.05) is 34.7 Å². The highest BCUT2D eigenvalue weighted by Gasteiger charge is 2.37. The summed E-state index contributed by atoms with van der Waals surface area (Å²) in [6.07, 6.45) is 1.70. The summed E-state index contributed by atoms with van der Waals surface area (Å²) in [4.78, 5) is 2.07. The van der Waals surface area contributed by atoms with Gasteiger partial charge in [0.2, 0.25) is 0 Å². The molecule has 2 rings (SSSR count). The van der Waals surface area contributed by atoms with Crippen LogP contribution in [0, 0.1) is 0 Å². The molecule has 7 nitrogen and oxygen atoms in total. The molecule has 2 heterocycles. The zero-order valence-corrected chi connectivity index (χ0v) is 14.3. The molecule has 1 aromatic rings. The van der Waals surface area contributed by atoms with Crippen LogP contribution in [-0.4, -0.2) is 66.4 Å². The predicted octanol–water partition coefficient (Wildman–Crippen LogP) is 0.425. The topological polar surface area (TPSA) is 61.7 Å². The van der Waals surface area contributed by atoms with E-state index in [0.717, 1.165) is 30.8 Å². The minimum absolute atomic E-state index is 0.153. The Morgan fingerprint density at radius 1 is 1.33 bits per heavy atom. The highest BCUT2D eigenvalue weighted by atomic mass is 32.2. The molecule has 0 bridgehead atoms. The molecule has 1 unspecified atom stereocenters. The van der Waals surface area contributed by atoms with Gasteiger partial charge in [-0.15, -0.1) is 0 Å². The van der Waals surface area contributed by atoms with Crippen LogP contribution >= 0.6 is 0 Å². The maximum atomic E-state index is 12.4. The molecule has 0 amide bonds. The summed E-state index contributed by atoms with van der Waals surface area (Å²) < 4.78 is 29.5. The molecule has 1 fully saturated rings. The highest BCUT2D eigenvalue weighted by molar-refractivity contribution is 7.86. The monoisotopic (exact) mass is 315 g/mol. The first-order chi connectivity index (χ1) is 9.73. The number of hydrogen-bond acceptors (Lipinski definition) is 4. The number of rotatable bonds is 5. The van der Waals surface area contributed by atoms with Gasteiger partial charge in [0.1, 0.15) is 0 Å². The smallest absolute Gasteiger partial charge is 0.282 e. The molecule has 1 aliphatic heterocycles. The largest absolute Gasteiger partial charge is 0.304 e. The van der Waals surface area contributed by atoms with Crippen molar-refractivity contribution in [3.05, 3.63) is 17.5 Å². The molecule has 0 spiro atoms. The maximum absolute atomic E-state index is 12.4. The third kappa shape index (κ3) is 3.28. The van der Waals surface area contributed by atoms with Crippen molar-refractivity contribution in [2.45, 2.75) is 25.4 Å². The lowest BCUT2D eigenvalue weighted by Crippen LogP contribution is -2.39. The van der Waals surface area contributed by atoms with Crippen LogP contribution in [0.1, 0.15) is 30.3 Å². The van der Waals surface area contributed by atoms with Crippen LogP contribution in [0.5, 0.6) is 0 Å². The van der Waals surface area contributed by atoms with E-state index in [1.807, 2.05) is 31.9 Å². The van der Waals surface area contributed by atoms with Gasteiger partial charge in [0.25, 0.3) is 10.2 Å². The summed E-state index contributed by atoms with van der Waals surface area (Å²) in [7, 11) is 5.66. The van der Waals surface area contributed by atoms with E-state index in [-0.39, 0.29) is 6.04 Å². The molecule has 1 aromatic heterocycles. The molecule has 21 heavy (non-hydrogen) atoms. The normalized spacial score (nSPS) is 20.8. The van der Waals surface area contributed by atoms with Crippen molar-refractivity contribution < 1.29 is 8.42 Å². The van der Waals surface area contributed by atoms with Gasteiger partial charge in [0.15, 0.2) is 0 Å². The van der Waals surface area contributed by atoms with Crippen LogP contribution in [0.2, 0.25) is 0 Å². The van der Waals surface area contributed by atoms with Crippen LogP contribution in [0.15, 0.2) is 6.07 Å². The number of hydrogen-bond donors (Lipinski definition) is 0. The van der Waals surface area contributed by atoms with E-state index in [1.54, 1.807) is 18.4 Å². The molecular weight excluding hydrogens is 290 g/mol. The molecule has 8 heteroatoms. The van der Waals surface area contributed by atoms with Crippen LogP contribution in [-0.2, 0) is 23.8 Å². The van der Waals surface area contributed by atoms with E-state index in [4.69, 9.17) is 0 Å². The van der Waals surface area contributed by atoms with Gasteiger partial charge in [-0.1, -0.05) is 0 Å². The predicted molar refractivity (Wildman–Crippen MR) is 81.9 cm³/mol. The highest BCUT2D eigenvalue weighted by Crippen LogP contribution is 2.34. The first kappa shape index (κ1) is 16.4. The Hall–Kier alpha value is -0.960. The fourth-order valence-electron chi connectivity index (χ4n) is 2.69. The fraction of sp³-hybridized carbons (Fsp3) is 0.769. The second-order valence-electron chi connectivity index (χ2n) is 5.98. The van der Waals surface area contributed by atoms with Crippen molar-refractivity contribution in [1.82, 2.24) is 23.3 Å². The van der Waals surface area contributed by atoms with Gasteiger partial charge in [0.05, 0.1) is 17.4 Å². The number of nitrogens with zero attached hydrogens (tertiary/aromatic N) is 5. The molecule has 0 radical (unpaired) electrons. The fourth-order valence-corrected chi connectivity index (χ4v) is 4.00. The molecular formula is C13H25N5O2S. The molecule has 0 aliphatic carbocycles. The van der Waals surface area contributed by atoms with E-state index < -0.39 is 10.2 Å². The zero-order chi connectivity index (χ0) is 15.8. The van der Waals surface area contributed by atoms with E-state index in [1.165, 1.54) is 4.31 Å². The van der Waals surface area contributed by atoms with Crippen molar-refractivity contribution in [3.8, 4) is 0 Å². The zero-order valence-electron chi connectivity index (χ0n) is 13.4. The van der Waals surface area contributed by atoms with Crippen molar-refractivity contribution in [1.29, 1.82) is 0 Å². The number of aromatic nitrogens is 2. The second-order valence-corrected chi connectivity index (χ2v) is 8.08. The minimum atomic E-state index is -3.39. The Bertz CT molecular complexity index is 594. The Labute approximate surface area is 127 Å². The summed E-state index contributed by atoms with van der Waals surface area (Å²) in [5.41, 5.74) is 1.93. The second kappa shape index (κ2) is 6.04. The summed E-state index contributed by atoms with van der Waals surface area (Å²) in [6, 6.07) is 1.87. The lowest BCUT2D eigenvalue weighted by molar-refractivity contribution is 0.356. The molecule has 1 atom stereocenters. The van der Waals surface area contributed by atoms with E-state index in [9.17, 15) is 8.42 Å². The Morgan fingerprint density at radius 3 is 2.57 bits per heavy atom. The number of aryl methyl sites for hydroxylation is 1. The Morgan fingerprint density at radius 2 is 2.00 bits per heavy atom. The first-order valence-corrected chi connectivity index (χ1v) is 8.50. The molecule has 0 aromatic carbocycles. The molecule has 0 N–H and O–H groups in total. The summed E-state index contributed by atoms with van der Waals surface area (Å²) in [5.74, 6) is 0. The van der Waals surface area contributed by atoms with Crippen molar-refractivity contribution in [2.24, 2.45) is 7.05 Å². The third-order valence-electron chi connectivity index (χ3n) is 3.78. The first-order valence-electron chi connectivity index (χ1n) is 7.10. The lowest BCUT2D eigenvalue weighted by atomic mass is 10.1. The maximum Gasteiger partial charge on any atom is 0.282 e. The average Bonchev–Trinajstić information content (AvgIpc) is 2.96. The molecule has 1 aliphatic rings. The summed E-state index contributed by atoms with van der Waals surface area (Å²) in [5, 5.41) is 4.53. The Kier molecular flexibility index (Phi) is 4.72. The average molecular weight is 315 g/mol.